The lowest BCUT2D eigenvalue weighted by molar-refractivity contribution is 0.595. The van der Waals surface area contributed by atoms with E-state index in [1.165, 1.54) is 22.6 Å². The molecule has 0 saturated carbocycles. The Bertz CT molecular complexity index is 826. The molecule has 3 aromatic carbocycles. The molecule has 2 heteroatoms. The Balaban J connectivity index is 2.00. The molecule has 0 amide bonds. The minimum Gasteiger partial charge on any atom is -0.257 e. The first-order valence-electron chi connectivity index (χ1n) is 8.18. The van der Waals surface area contributed by atoms with Crippen LogP contribution in [-0.2, 0) is 0 Å². The van der Waals surface area contributed by atoms with E-state index in [1.54, 1.807) is 0 Å². The van der Waals surface area contributed by atoms with Crippen LogP contribution in [-0.4, -0.2) is 12.8 Å². The van der Waals surface area contributed by atoms with Gasteiger partial charge in [-0.15, -0.1) is 0 Å². The highest BCUT2D eigenvalue weighted by molar-refractivity contribution is 5.89. The molecule has 0 atom stereocenters. The fourth-order valence-corrected chi connectivity index (χ4v) is 3.40. The number of para-hydroxylation sites is 2. The van der Waals surface area contributed by atoms with Crippen LogP contribution in [0.2, 0.25) is 0 Å². The number of nitrogens with zero attached hydrogens (tertiary/aromatic N) is 2. The molecular weight excluding hydrogens is 292 g/mol. The van der Waals surface area contributed by atoms with Crippen LogP contribution in [0.1, 0.15) is 5.56 Å². The van der Waals surface area contributed by atoms with Gasteiger partial charge in [0.1, 0.15) is 17.9 Å². The smallest absolute Gasteiger partial charge is 0.169 e. The van der Waals surface area contributed by atoms with Gasteiger partial charge in [0.25, 0.3) is 0 Å². The van der Waals surface area contributed by atoms with Crippen molar-refractivity contribution in [2.24, 2.45) is 4.99 Å². The Labute approximate surface area is 142 Å². The van der Waals surface area contributed by atoms with Crippen molar-refractivity contribution < 1.29 is 0 Å². The fraction of sp³-hybridized carbons (Fsp3) is 0.0455. The van der Waals surface area contributed by atoms with Gasteiger partial charge in [-0.3, -0.25) is 4.99 Å². The van der Waals surface area contributed by atoms with Crippen LogP contribution in [0.4, 0.5) is 11.4 Å². The summed E-state index contributed by atoms with van der Waals surface area (Å²) in [7, 11) is 0. The average Bonchev–Trinajstić information content (AvgIpc) is 2.70. The van der Waals surface area contributed by atoms with Gasteiger partial charge in [0, 0.05) is 5.56 Å². The summed E-state index contributed by atoms with van der Waals surface area (Å²) in [6.07, 6.45) is 4.01. The maximum atomic E-state index is 4.48. The predicted molar refractivity (Wildman–Crippen MR) is 102 cm³/mol. The van der Waals surface area contributed by atoms with Gasteiger partial charge < -0.3 is 0 Å². The van der Waals surface area contributed by atoms with Gasteiger partial charge in [0.2, 0.25) is 0 Å². The van der Waals surface area contributed by atoms with Gasteiger partial charge >= 0.3 is 0 Å². The lowest BCUT2D eigenvalue weighted by Crippen LogP contribution is -2.45. The Morgan fingerprint density at radius 3 is 1.67 bits per heavy atom. The van der Waals surface area contributed by atoms with Crippen LogP contribution >= 0.6 is 0 Å². The van der Waals surface area contributed by atoms with Crippen molar-refractivity contribution in [2.45, 2.75) is 0 Å². The van der Waals surface area contributed by atoms with Gasteiger partial charge in [0.05, 0.1) is 12.4 Å². The highest BCUT2D eigenvalue weighted by Crippen LogP contribution is 2.43. The van der Waals surface area contributed by atoms with Crippen LogP contribution in [0.5, 0.6) is 0 Å². The summed E-state index contributed by atoms with van der Waals surface area (Å²) in [5, 5.41) is 0. The lowest BCUT2D eigenvalue weighted by Gasteiger charge is -2.39. The van der Waals surface area contributed by atoms with Gasteiger partial charge in [-0.25, -0.2) is 4.48 Å². The molecule has 0 N–H and O–H groups in total. The van der Waals surface area contributed by atoms with E-state index in [1.807, 2.05) is 12.4 Å². The Hall–Kier alpha value is -2.97. The first-order chi connectivity index (χ1) is 11.9. The predicted octanol–water partition coefficient (Wildman–Crippen LogP) is 5.41. The van der Waals surface area contributed by atoms with Crippen LogP contribution in [0.15, 0.2) is 102 Å². The van der Waals surface area contributed by atoms with Crippen molar-refractivity contribution in [1.82, 2.24) is 4.48 Å². The first kappa shape index (κ1) is 14.6. The van der Waals surface area contributed by atoms with Crippen molar-refractivity contribution in [1.29, 1.82) is 0 Å². The normalized spacial score (nSPS) is 15.8. The van der Waals surface area contributed by atoms with Crippen LogP contribution in [0.25, 0.3) is 5.70 Å². The van der Waals surface area contributed by atoms with E-state index in [4.69, 9.17) is 0 Å². The van der Waals surface area contributed by atoms with E-state index in [-0.39, 0.29) is 0 Å². The maximum Gasteiger partial charge on any atom is 0.169 e. The minimum absolute atomic E-state index is 0.648. The van der Waals surface area contributed by atoms with E-state index in [9.17, 15) is 0 Å². The number of quaternary nitrogens is 1. The molecule has 0 radical (unpaired) electrons. The van der Waals surface area contributed by atoms with E-state index in [2.05, 4.69) is 96.0 Å². The zero-order chi connectivity index (χ0) is 16.2. The van der Waals surface area contributed by atoms with Gasteiger partial charge in [-0.2, -0.15) is 0 Å². The van der Waals surface area contributed by atoms with Crippen LogP contribution < -0.4 is 4.48 Å². The second-order valence-electron chi connectivity index (χ2n) is 5.88. The number of hydrogen-bond acceptors (Lipinski definition) is 1. The molecule has 0 saturated heterocycles. The Morgan fingerprint density at radius 1 is 0.625 bits per heavy atom. The second-order valence-corrected chi connectivity index (χ2v) is 5.88. The maximum absolute atomic E-state index is 4.48. The number of benzene rings is 3. The standard InChI is InChI=1S/C22H19N2/c1-4-10-19(11-5-1)22-18-23-16-17-24(22,20-12-6-2-7-13-20)21-14-8-3-9-15-21/h1-16,18H,17H2/q+1. The van der Waals surface area contributed by atoms with E-state index < -0.39 is 0 Å². The monoisotopic (exact) mass is 311 g/mol. The summed E-state index contributed by atoms with van der Waals surface area (Å²) >= 11 is 0. The second kappa shape index (κ2) is 6.26. The summed E-state index contributed by atoms with van der Waals surface area (Å²) in [6.45, 7) is 0.800. The van der Waals surface area contributed by atoms with Crippen LogP contribution in [0.3, 0.4) is 0 Å². The van der Waals surface area contributed by atoms with Gasteiger partial charge in [-0.05, 0) is 36.4 Å². The molecule has 1 aliphatic heterocycles. The molecule has 0 bridgehead atoms. The minimum atomic E-state index is 0.648. The van der Waals surface area contributed by atoms with E-state index in [0.717, 1.165) is 6.54 Å². The molecular formula is C22H19N2+. The third kappa shape index (κ3) is 2.38. The zero-order valence-electron chi connectivity index (χ0n) is 13.4. The molecule has 0 aliphatic carbocycles. The Kier molecular flexibility index (Phi) is 3.81. The largest absolute Gasteiger partial charge is 0.257 e. The summed E-state index contributed by atoms with van der Waals surface area (Å²) in [6, 6.07) is 31.9. The topological polar surface area (TPSA) is 12.4 Å². The van der Waals surface area contributed by atoms with Crippen molar-refractivity contribution in [3.63, 3.8) is 0 Å². The molecule has 4 rings (SSSR count). The third-order valence-corrected chi connectivity index (χ3v) is 4.53. The molecule has 0 aromatic heterocycles. The van der Waals surface area contributed by atoms with Crippen molar-refractivity contribution in [3.05, 3.63) is 103 Å². The van der Waals surface area contributed by atoms with E-state index in [0.29, 0.717) is 4.48 Å². The molecule has 2 nitrogen and oxygen atoms in total. The van der Waals surface area contributed by atoms with Crippen molar-refractivity contribution >= 4 is 23.3 Å². The van der Waals surface area contributed by atoms with E-state index >= 15 is 0 Å². The molecule has 0 unspecified atom stereocenters. The summed E-state index contributed by atoms with van der Waals surface area (Å²) in [5.74, 6) is 0. The molecule has 0 fully saturated rings. The molecule has 1 aliphatic rings. The fourth-order valence-electron chi connectivity index (χ4n) is 3.40. The van der Waals surface area contributed by atoms with Crippen molar-refractivity contribution in [3.8, 4) is 0 Å². The number of hydrogen-bond donors (Lipinski definition) is 0. The molecule has 24 heavy (non-hydrogen) atoms. The highest BCUT2D eigenvalue weighted by atomic mass is 15.4. The molecule has 3 aromatic rings. The van der Waals surface area contributed by atoms with Crippen LogP contribution in [0, 0.1) is 0 Å². The quantitative estimate of drug-likeness (QED) is 0.574. The number of aliphatic imine (C=N–C) groups is 1. The molecule has 116 valence electrons. The van der Waals surface area contributed by atoms with Gasteiger partial charge in [0.15, 0.2) is 5.70 Å². The SMILES string of the molecule is C1=NC=C(c2ccccc2)[N+](c2ccccc2)(c2ccccc2)C1. The average molecular weight is 311 g/mol. The summed E-state index contributed by atoms with van der Waals surface area (Å²) in [5.41, 5.74) is 4.87. The Morgan fingerprint density at radius 2 is 1.12 bits per heavy atom. The first-order valence-corrected chi connectivity index (χ1v) is 8.18. The van der Waals surface area contributed by atoms with Gasteiger partial charge in [-0.1, -0.05) is 54.6 Å². The highest BCUT2D eigenvalue weighted by Gasteiger charge is 2.39. The summed E-state index contributed by atoms with van der Waals surface area (Å²) in [4.78, 5) is 4.48. The number of rotatable bonds is 3. The summed E-state index contributed by atoms with van der Waals surface area (Å²) < 4.78 is 0.648. The third-order valence-electron chi connectivity index (χ3n) is 4.53. The molecule has 0 spiro atoms. The van der Waals surface area contributed by atoms with Crippen molar-refractivity contribution in [2.75, 3.05) is 6.54 Å². The molecule has 1 heterocycles. The zero-order valence-corrected chi connectivity index (χ0v) is 13.4. The lowest BCUT2D eigenvalue weighted by atomic mass is 10.0.